The molecular formula is C10H10F10O4. The van der Waals surface area contributed by atoms with Crippen molar-refractivity contribution >= 4 is 5.97 Å². The first-order chi connectivity index (χ1) is 10.2. The van der Waals surface area contributed by atoms with Gasteiger partial charge >= 0.3 is 35.6 Å². The predicted molar refractivity (Wildman–Crippen MR) is 56.5 cm³/mol. The quantitative estimate of drug-likeness (QED) is 0.374. The summed E-state index contributed by atoms with van der Waals surface area (Å²) in [5.41, 5.74) is 0. The Morgan fingerprint density at radius 3 is 1.33 bits per heavy atom. The van der Waals surface area contributed by atoms with E-state index in [1.54, 1.807) is 0 Å². The number of hydrogen-bond acceptors (Lipinski definition) is 3. The number of carbonyl (C=O) groups is 1. The first-order valence-electron chi connectivity index (χ1n) is 5.32. The number of alkyl halides is 10. The summed E-state index contributed by atoms with van der Waals surface area (Å²) in [6, 6.07) is 0. The van der Waals surface area contributed by atoms with Gasteiger partial charge in [-0.3, -0.25) is 0 Å². The molecule has 0 aromatic rings. The summed E-state index contributed by atoms with van der Waals surface area (Å²) in [7, 11) is 0. The van der Waals surface area contributed by atoms with Crippen molar-refractivity contribution in [3.8, 4) is 0 Å². The molecule has 0 saturated heterocycles. The highest BCUT2D eigenvalue weighted by Crippen LogP contribution is 2.57. The van der Waals surface area contributed by atoms with Crippen LogP contribution in [0.2, 0.25) is 0 Å². The molecule has 0 amide bonds. The second kappa shape index (κ2) is 7.13. The van der Waals surface area contributed by atoms with E-state index in [4.69, 9.17) is 15.3 Å². The van der Waals surface area contributed by atoms with Gasteiger partial charge in [0.05, 0.1) is 0 Å². The second-order valence-corrected chi connectivity index (χ2v) is 4.15. The molecule has 0 radical (unpaired) electrons. The molecule has 24 heavy (non-hydrogen) atoms. The summed E-state index contributed by atoms with van der Waals surface area (Å²) in [6.45, 7) is 2.08. The minimum absolute atomic E-state index is 0.833. The van der Waals surface area contributed by atoms with E-state index < -0.39 is 48.8 Å². The van der Waals surface area contributed by atoms with Crippen LogP contribution in [-0.4, -0.2) is 57.2 Å². The Labute approximate surface area is 127 Å². The number of aliphatic carboxylic acids is 1. The van der Waals surface area contributed by atoms with Crippen LogP contribution in [0, 0.1) is 0 Å². The van der Waals surface area contributed by atoms with Crippen molar-refractivity contribution in [2.24, 2.45) is 0 Å². The highest BCUT2D eigenvalue weighted by atomic mass is 19.4. The van der Waals surface area contributed by atoms with Gasteiger partial charge in [-0.1, -0.05) is 6.58 Å². The molecule has 0 rings (SSSR count). The van der Waals surface area contributed by atoms with Crippen molar-refractivity contribution in [2.45, 2.75) is 42.8 Å². The standard InChI is InChI=1S/C7H6F10O2.C3H4O2/c1-3(8,9)5(12,13)7(16,17)6(14,15)4(10,11)2(18)19;1-2-3(4)5/h2,18-19H,1H3;2H,1H2,(H,4,5). The van der Waals surface area contributed by atoms with Gasteiger partial charge in [-0.15, -0.1) is 0 Å². The van der Waals surface area contributed by atoms with Crippen LogP contribution in [0.15, 0.2) is 12.7 Å². The van der Waals surface area contributed by atoms with Crippen molar-refractivity contribution < 1.29 is 64.0 Å². The van der Waals surface area contributed by atoms with Crippen molar-refractivity contribution in [1.82, 2.24) is 0 Å². The van der Waals surface area contributed by atoms with E-state index in [1.165, 1.54) is 0 Å². The summed E-state index contributed by atoms with van der Waals surface area (Å²) in [5, 5.41) is 23.2. The fraction of sp³-hybridized carbons (Fsp3) is 0.700. The summed E-state index contributed by atoms with van der Waals surface area (Å²) in [5.74, 6) is -34.5. The first kappa shape index (κ1) is 24.7. The molecule has 0 fully saturated rings. The summed E-state index contributed by atoms with van der Waals surface area (Å²) in [6.07, 6.45) is -3.63. The molecule has 0 aliphatic rings. The van der Waals surface area contributed by atoms with Crippen molar-refractivity contribution in [1.29, 1.82) is 0 Å². The van der Waals surface area contributed by atoms with E-state index in [0.717, 1.165) is 6.08 Å². The lowest BCUT2D eigenvalue weighted by atomic mass is 9.95. The van der Waals surface area contributed by atoms with E-state index >= 15 is 0 Å². The molecule has 0 atom stereocenters. The number of halogens is 10. The van der Waals surface area contributed by atoms with Crippen LogP contribution in [0.4, 0.5) is 43.9 Å². The fourth-order valence-electron chi connectivity index (χ4n) is 0.844. The topological polar surface area (TPSA) is 77.8 Å². The lowest BCUT2D eigenvalue weighted by Crippen LogP contribution is -2.68. The molecule has 144 valence electrons. The third kappa shape index (κ3) is 4.28. The Balaban J connectivity index is 0. The maximum atomic E-state index is 12.6. The Bertz CT molecular complexity index is 455. The van der Waals surface area contributed by atoms with E-state index in [-0.39, 0.29) is 0 Å². The molecule has 0 spiro atoms. The van der Waals surface area contributed by atoms with Gasteiger partial charge < -0.3 is 15.3 Å². The smallest absolute Gasteiger partial charge is 0.384 e. The van der Waals surface area contributed by atoms with Crippen molar-refractivity contribution in [3.05, 3.63) is 12.7 Å². The average molecular weight is 384 g/mol. The lowest BCUT2D eigenvalue weighted by molar-refractivity contribution is -0.419. The maximum Gasteiger partial charge on any atom is 0.384 e. The zero-order valence-corrected chi connectivity index (χ0v) is 11.4. The summed E-state index contributed by atoms with van der Waals surface area (Å²) in [4.78, 5) is 9.25. The molecule has 0 aliphatic heterocycles. The fourth-order valence-corrected chi connectivity index (χ4v) is 0.844. The number of rotatable bonds is 6. The molecule has 0 aromatic heterocycles. The second-order valence-electron chi connectivity index (χ2n) is 4.15. The van der Waals surface area contributed by atoms with Gasteiger partial charge in [0.2, 0.25) is 6.29 Å². The maximum absolute atomic E-state index is 12.6. The van der Waals surface area contributed by atoms with Crippen LogP contribution in [0.5, 0.6) is 0 Å². The monoisotopic (exact) mass is 384 g/mol. The molecule has 0 unspecified atom stereocenters. The summed E-state index contributed by atoms with van der Waals surface area (Å²) >= 11 is 0. The van der Waals surface area contributed by atoms with Crippen molar-refractivity contribution in [2.75, 3.05) is 0 Å². The van der Waals surface area contributed by atoms with E-state index in [0.29, 0.717) is 0 Å². The number of aliphatic hydroxyl groups is 2. The predicted octanol–water partition coefficient (Wildman–Crippen LogP) is 2.75. The van der Waals surface area contributed by atoms with Gasteiger partial charge in [0.15, 0.2) is 0 Å². The SMILES string of the molecule is C=CC(=O)O.CC(F)(F)C(F)(F)C(F)(F)C(F)(F)C(F)(F)C(O)O. The van der Waals surface area contributed by atoms with Gasteiger partial charge in [-0.05, 0) is 0 Å². The van der Waals surface area contributed by atoms with Crippen molar-refractivity contribution in [3.63, 3.8) is 0 Å². The van der Waals surface area contributed by atoms with Crippen LogP contribution in [-0.2, 0) is 4.79 Å². The molecule has 0 bridgehead atoms. The Hall–Kier alpha value is -1.57. The minimum Gasteiger partial charge on any atom is -0.478 e. The molecule has 0 saturated carbocycles. The number of aliphatic hydroxyl groups excluding tert-OH is 1. The normalized spacial score (nSPS) is 14.1. The van der Waals surface area contributed by atoms with Crippen LogP contribution in [0.25, 0.3) is 0 Å². The zero-order valence-electron chi connectivity index (χ0n) is 11.4. The highest BCUT2D eigenvalue weighted by molar-refractivity contribution is 5.78. The minimum atomic E-state index is -7.24. The van der Waals surface area contributed by atoms with Gasteiger partial charge in [-0.2, -0.15) is 43.9 Å². The first-order valence-corrected chi connectivity index (χ1v) is 5.32. The number of carboxylic acids is 1. The van der Waals surface area contributed by atoms with Crippen LogP contribution >= 0.6 is 0 Å². The van der Waals surface area contributed by atoms with Gasteiger partial charge in [0.25, 0.3) is 0 Å². The highest BCUT2D eigenvalue weighted by Gasteiger charge is 2.86. The molecule has 4 nitrogen and oxygen atoms in total. The Morgan fingerprint density at radius 2 is 1.17 bits per heavy atom. The van der Waals surface area contributed by atoms with Crippen LogP contribution in [0.1, 0.15) is 6.92 Å². The third-order valence-electron chi connectivity index (χ3n) is 2.26. The Kier molecular flexibility index (Phi) is 7.33. The van der Waals surface area contributed by atoms with Crippen LogP contribution in [0.3, 0.4) is 0 Å². The third-order valence-corrected chi connectivity index (χ3v) is 2.26. The number of hydrogen-bond donors (Lipinski definition) is 3. The summed E-state index contributed by atoms with van der Waals surface area (Å²) < 4.78 is 125. The van der Waals surface area contributed by atoms with Gasteiger partial charge in [-0.25, -0.2) is 4.79 Å². The molecular weight excluding hydrogens is 374 g/mol. The van der Waals surface area contributed by atoms with Gasteiger partial charge in [0.1, 0.15) is 0 Å². The average Bonchev–Trinajstić information content (AvgIpc) is 2.36. The Morgan fingerprint density at radius 1 is 0.875 bits per heavy atom. The molecule has 14 heteroatoms. The molecule has 3 N–H and O–H groups in total. The number of carboxylic acid groups (broad SMARTS) is 1. The zero-order chi connectivity index (χ0) is 20.4. The lowest BCUT2D eigenvalue weighted by Gasteiger charge is -2.38. The molecule has 0 aliphatic carbocycles. The van der Waals surface area contributed by atoms with Gasteiger partial charge in [0, 0.05) is 13.0 Å². The van der Waals surface area contributed by atoms with Crippen LogP contribution < -0.4 is 0 Å². The molecule has 0 heterocycles. The van der Waals surface area contributed by atoms with E-state index in [2.05, 4.69) is 6.58 Å². The van der Waals surface area contributed by atoms with E-state index in [9.17, 15) is 48.7 Å². The molecule has 0 aromatic carbocycles. The van der Waals surface area contributed by atoms with E-state index in [1.807, 2.05) is 0 Å². The largest absolute Gasteiger partial charge is 0.478 e.